The minimum Gasteiger partial charge on any atom is -0.312 e. The summed E-state index contributed by atoms with van der Waals surface area (Å²) >= 11 is 0. The molecule has 1 N–H and O–H groups in total. The Bertz CT molecular complexity index is 201. The van der Waals surface area contributed by atoms with Gasteiger partial charge in [0.2, 0.25) is 0 Å². The first-order valence-electron chi connectivity index (χ1n) is 7.25. The molecule has 2 atom stereocenters. The maximum absolute atomic E-state index is 3.79. The van der Waals surface area contributed by atoms with Crippen LogP contribution in [-0.4, -0.2) is 37.1 Å². The van der Waals surface area contributed by atoms with E-state index in [2.05, 4.69) is 24.2 Å². The molecule has 0 heterocycles. The van der Waals surface area contributed by atoms with Gasteiger partial charge in [0.25, 0.3) is 0 Å². The third-order valence-electron chi connectivity index (χ3n) is 4.47. The standard InChI is InChI=1S/C14H28N2/c1-3-12-6-4-5-7-14(12)15-10-11-16(2)13-8-9-13/h12-15H,3-11H2,1-2H3. The molecule has 2 rings (SSSR count). The second-order valence-electron chi connectivity index (χ2n) is 5.73. The van der Waals surface area contributed by atoms with E-state index in [0.717, 1.165) is 18.0 Å². The lowest BCUT2D eigenvalue weighted by Crippen LogP contribution is -2.42. The van der Waals surface area contributed by atoms with Crippen molar-refractivity contribution in [2.75, 3.05) is 20.1 Å². The molecular weight excluding hydrogens is 196 g/mol. The zero-order chi connectivity index (χ0) is 11.4. The Balaban J connectivity index is 1.63. The predicted molar refractivity (Wildman–Crippen MR) is 69.7 cm³/mol. The van der Waals surface area contributed by atoms with Gasteiger partial charge in [-0.3, -0.25) is 0 Å². The first-order chi connectivity index (χ1) is 7.81. The van der Waals surface area contributed by atoms with E-state index in [1.54, 1.807) is 0 Å². The van der Waals surface area contributed by atoms with E-state index < -0.39 is 0 Å². The van der Waals surface area contributed by atoms with Crippen molar-refractivity contribution in [3.63, 3.8) is 0 Å². The summed E-state index contributed by atoms with van der Waals surface area (Å²) in [7, 11) is 2.28. The van der Waals surface area contributed by atoms with Gasteiger partial charge >= 0.3 is 0 Å². The molecule has 2 nitrogen and oxygen atoms in total. The summed E-state index contributed by atoms with van der Waals surface area (Å²) in [5.41, 5.74) is 0. The second kappa shape index (κ2) is 6.02. The van der Waals surface area contributed by atoms with Crippen molar-refractivity contribution in [1.82, 2.24) is 10.2 Å². The van der Waals surface area contributed by atoms with E-state index in [4.69, 9.17) is 0 Å². The maximum Gasteiger partial charge on any atom is 0.0107 e. The summed E-state index contributed by atoms with van der Waals surface area (Å²) in [5.74, 6) is 0.944. The molecule has 2 aliphatic rings. The molecule has 2 unspecified atom stereocenters. The van der Waals surface area contributed by atoms with E-state index in [1.807, 2.05) is 0 Å². The number of nitrogens with one attached hydrogen (secondary N) is 1. The van der Waals surface area contributed by atoms with Gasteiger partial charge in [-0.2, -0.15) is 0 Å². The number of likely N-dealkylation sites (N-methyl/N-ethyl adjacent to an activating group) is 1. The normalized spacial score (nSPS) is 30.9. The third-order valence-corrected chi connectivity index (χ3v) is 4.47. The van der Waals surface area contributed by atoms with E-state index in [9.17, 15) is 0 Å². The van der Waals surface area contributed by atoms with Crippen molar-refractivity contribution < 1.29 is 0 Å². The quantitative estimate of drug-likeness (QED) is 0.746. The summed E-state index contributed by atoms with van der Waals surface area (Å²) in [6.07, 6.45) is 9.97. The van der Waals surface area contributed by atoms with Crippen LogP contribution in [0.2, 0.25) is 0 Å². The van der Waals surface area contributed by atoms with E-state index >= 15 is 0 Å². The van der Waals surface area contributed by atoms with E-state index in [-0.39, 0.29) is 0 Å². The van der Waals surface area contributed by atoms with Gasteiger partial charge in [0.1, 0.15) is 0 Å². The zero-order valence-electron chi connectivity index (χ0n) is 11.0. The monoisotopic (exact) mass is 224 g/mol. The molecule has 2 saturated carbocycles. The second-order valence-corrected chi connectivity index (χ2v) is 5.73. The molecule has 0 spiro atoms. The Hall–Kier alpha value is -0.0800. The third kappa shape index (κ3) is 3.46. The van der Waals surface area contributed by atoms with Crippen LogP contribution >= 0.6 is 0 Å². The van der Waals surface area contributed by atoms with Gasteiger partial charge in [0.15, 0.2) is 0 Å². The molecule has 2 fully saturated rings. The van der Waals surface area contributed by atoms with Gasteiger partial charge in [-0.1, -0.05) is 26.2 Å². The number of hydrogen-bond acceptors (Lipinski definition) is 2. The fourth-order valence-electron chi connectivity index (χ4n) is 3.09. The fourth-order valence-corrected chi connectivity index (χ4v) is 3.09. The molecule has 0 saturated heterocycles. The highest BCUT2D eigenvalue weighted by Gasteiger charge is 2.26. The first kappa shape index (κ1) is 12.4. The molecule has 0 aromatic carbocycles. The highest BCUT2D eigenvalue weighted by Crippen LogP contribution is 2.27. The number of rotatable bonds is 6. The van der Waals surface area contributed by atoms with Crippen LogP contribution in [0.4, 0.5) is 0 Å². The Morgan fingerprint density at radius 3 is 2.56 bits per heavy atom. The lowest BCUT2D eigenvalue weighted by atomic mass is 9.83. The molecule has 94 valence electrons. The topological polar surface area (TPSA) is 15.3 Å². The Morgan fingerprint density at radius 1 is 1.12 bits per heavy atom. The summed E-state index contributed by atoms with van der Waals surface area (Å²) in [6, 6.07) is 1.72. The molecule has 0 bridgehead atoms. The van der Waals surface area contributed by atoms with Crippen LogP contribution in [0.5, 0.6) is 0 Å². The number of nitrogens with zero attached hydrogens (tertiary/aromatic N) is 1. The zero-order valence-corrected chi connectivity index (χ0v) is 11.0. The first-order valence-corrected chi connectivity index (χ1v) is 7.25. The average Bonchev–Trinajstić information content (AvgIpc) is 3.13. The van der Waals surface area contributed by atoms with Gasteiger partial charge in [0, 0.05) is 25.2 Å². The Kier molecular flexibility index (Phi) is 4.66. The molecule has 0 aromatic rings. The fraction of sp³-hybridized carbons (Fsp3) is 1.00. The van der Waals surface area contributed by atoms with Gasteiger partial charge < -0.3 is 10.2 Å². The molecule has 16 heavy (non-hydrogen) atoms. The van der Waals surface area contributed by atoms with Gasteiger partial charge in [-0.05, 0) is 38.6 Å². The van der Waals surface area contributed by atoms with Gasteiger partial charge in [0.05, 0.1) is 0 Å². The minimum atomic E-state index is 0.811. The van der Waals surface area contributed by atoms with Crippen LogP contribution in [0.1, 0.15) is 51.9 Å². The molecule has 0 radical (unpaired) electrons. The molecule has 0 aromatic heterocycles. The van der Waals surface area contributed by atoms with Crippen molar-refractivity contribution in [3.05, 3.63) is 0 Å². The summed E-state index contributed by atoms with van der Waals surface area (Å²) in [6.45, 7) is 4.77. The van der Waals surface area contributed by atoms with E-state index in [1.165, 1.54) is 58.0 Å². The molecular formula is C14H28N2. The molecule has 0 amide bonds. The van der Waals surface area contributed by atoms with Gasteiger partial charge in [-0.15, -0.1) is 0 Å². The largest absolute Gasteiger partial charge is 0.312 e. The van der Waals surface area contributed by atoms with Gasteiger partial charge in [-0.25, -0.2) is 0 Å². The highest BCUT2D eigenvalue weighted by atomic mass is 15.2. The lowest BCUT2D eigenvalue weighted by Gasteiger charge is -2.32. The average molecular weight is 224 g/mol. The number of hydrogen-bond donors (Lipinski definition) is 1. The predicted octanol–water partition coefficient (Wildman–Crippen LogP) is 2.64. The molecule has 2 aliphatic carbocycles. The van der Waals surface area contributed by atoms with Crippen LogP contribution in [0, 0.1) is 5.92 Å². The molecule has 0 aliphatic heterocycles. The van der Waals surface area contributed by atoms with Crippen molar-refractivity contribution in [3.8, 4) is 0 Å². The van der Waals surface area contributed by atoms with Crippen LogP contribution in [0.3, 0.4) is 0 Å². The Morgan fingerprint density at radius 2 is 1.88 bits per heavy atom. The van der Waals surface area contributed by atoms with Crippen LogP contribution in [-0.2, 0) is 0 Å². The van der Waals surface area contributed by atoms with Crippen molar-refractivity contribution in [1.29, 1.82) is 0 Å². The highest BCUT2D eigenvalue weighted by molar-refractivity contribution is 4.84. The van der Waals surface area contributed by atoms with Crippen molar-refractivity contribution >= 4 is 0 Å². The SMILES string of the molecule is CCC1CCCCC1NCCN(C)C1CC1. The summed E-state index contributed by atoms with van der Waals surface area (Å²) < 4.78 is 0. The van der Waals surface area contributed by atoms with Crippen molar-refractivity contribution in [2.45, 2.75) is 64.0 Å². The van der Waals surface area contributed by atoms with Crippen LogP contribution < -0.4 is 5.32 Å². The van der Waals surface area contributed by atoms with Crippen LogP contribution in [0.15, 0.2) is 0 Å². The van der Waals surface area contributed by atoms with Crippen molar-refractivity contribution in [2.24, 2.45) is 5.92 Å². The van der Waals surface area contributed by atoms with E-state index in [0.29, 0.717) is 0 Å². The summed E-state index contributed by atoms with van der Waals surface area (Å²) in [5, 5.41) is 3.79. The lowest BCUT2D eigenvalue weighted by molar-refractivity contribution is 0.240. The minimum absolute atomic E-state index is 0.811. The smallest absolute Gasteiger partial charge is 0.0107 e. The van der Waals surface area contributed by atoms with Crippen LogP contribution in [0.25, 0.3) is 0 Å². The molecule has 2 heteroatoms. The maximum atomic E-state index is 3.79. The summed E-state index contributed by atoms with van der Waals surface area (Å²) in [4.78, 5) is 2.52. The Labute approximate surface area is 101 Å².